The Bertz CT molecular complexity index is 3480. The molecule has 0 unspecified atom stereocenters. The van der Waals surface area contributed by atoms with Crippen LogP contribution in [0.5, 0.6) is 0 Å². The average molecular weight is 1120 g/mol. The van der Waals surface area contributed by atoms with E-state index < -0.39 is 31.1 Å². The smallest absolute Gasteiger partial charge is 0.259 e. The van der Waals surface area contributed by atoms with Crippen LogP contribution >= 0.6 is 70.8 Å². The van der Waals surface area contributed by atoms with Crippen LogP contribution in [0.1, 0.15) is 38.8 Å². The summed E-state index contributed by atoms with van der Waals surface area (Å²) in [5, 5.41) is 5.88. The number of halogens is 4. The summed E-state index contributed by atoms with van der Waals surface area (Å²) in [6.07, 6.45) is 0. The van der Waals surface area contributed by atoms with Crippen molar-refractivity contribution in [3.63, 3.8) is 0 Å². The zero-order valence-electron chi connectivity index (χ0n) is 38.4. The van der Waals surface area contributed by atoms with Crippen LogP contribution in [0.2, 0.25) is 20.1 Å². The average Bonchev–Trinajstić information content (AvgIpc) is 3.63. The first-order chi connectivity index (χ1) is 33.8. The van der Waals surface area contributed by atoms with E-state index in [-0.39, 0.29) is 76.4 Å². The molecule has 2 amide bonds. The van der Waals surface area contributed by atoms with E-state index in [1.807, 2.05) is 60.7 Å². The Balaban J connectivity index is 0.000000228. The predicted molar refractivity (Wildman–Crippen MR) is 292 cm³/mol. The Morgan fingerprint density at radius 2 is 0.903 bits per heavy atom. The maximum Gasteiger partial charge on any atom is 0.259 e. The Morgan fingerprint density at radius 1 is 0.542 bits per heavy atom. The topological polar surface area (TPSA) is 153 Å². The molecule has 8 rings (SSSR count). The third-order valence-electron chi connectivity index (χ3n) is 11.6. The van der Waals surface area contributed by atoms with Crippen molar-refractivity contribution >= 4 is 147 Å². The molecule has 2 fully saturated rings. The molecule has 2 N–H and O–H groups in total. The van der Waals surface area contributed by atoms with Crippen LogP contribution in [0.15, 0.2) is 143 Å². The highest BCUT2D eigenvalue weighted by molar-refractivity contribution is 7.89. The molecule has 72 heavy (non-hydrogen) atoms. The fourth-order valence-corrected chi connectivity index (χ4v) is 12.4. The molecule has 0 aromatic heterocycles. The minimum atomic E-state index is -4.14. The minimum absolute atomic E-state index is 0.0381. The number of carbonyl (C=O) groups excluding carboxylic acids is 2. The molecule has 22 heteroatoms. The lowest BCUT2D eigenvalue weighted by Crippen LogP contribution is -2.44. The van der Waals surface area contributed by atoms with Crippen molar-refractivity contribution in [2.45, 2.75) is 61.7 Å². The van der Waals surface area contributed by atoms with Crippen molar-refractivity contribution in [2.24, 2.45) is 5.14 Å². The normalized spacial score (nSPS) is 15.4. The molecule has 0 saturated carbocycles. The van der Waals surface area contributed by atoms with Gasteiger partial charge in [0.15, 0.2) is 10.2 Å². The number of amides is 2. The van der Waals surface area contributed by atoms with Gasteiger partial charge in [0.2, 0.25) is 31.4 Å². The minimum Gasteiger partial charge on any atom is -0.303 e. The monoisotopic (exact) mass is 1120 g/mol. The van der Waals surface area contributed by atoms with Gasteiger partial charge < -0.3 is 9.80 Å². The van der Waals surface area contributed by atoms with Crippen LogP contribution in [-0.2, 0) is 42.7 Å². The van der Waals surface area contributed by atoms with Gasteiger partial charge in [-0.15, -0.1) is 0 Å². The molecule has 2 aliphatic rings. The van der Waals surface area contributed by atoms with Gasteiger partial charge in [0.25, 0.3) is 11.8 Å². The maximum atomic E-state index is 14.3. The van der Waals surface area contributed by atoms with Crippen molar-refractivity contribution in [3.05, 3.63) is 188 Å². The van der Waals surface area contributed by atoms with Crippen LogP contribution in [0.4, 0.5) is 34.1 Å². The number of primary sulfonamides is 1. The Morgan fingerprint density at radius 3 is 1.26 bits per heavy atom. The number of carbonyl (C=O) groups is 2. The van der Waals surface area contributed by atoms with Crippen molar-refractivity contribution in [1.29, 1.82) is 0 Å². The largest absolute Gasteiger partial charge is 0.303 e. The number of hydrogen-bond donors (Lipinski definition) is 1. The molecule has 0 aliphatic carbocycles. The highest BCUT2D eigenvalue weighted by Gasteiger charge is 2.52. The van der Waals surface area contributed by atoms with Crippen molar-refractivity contribution < 1.29 is 26.4 Å². The van der Waals surface area contributed by atoms with E-state index >= 15 is 0 Å². The van der Waals surface area contributed by atoms with E-state index in [4.69, 9.17) is 89.1 Å². The van der Waals surface area contributed by atoms with Gasteiger partial charge in [-0.3, -0.25) is 19.4 Å². The fraction of sp³-hybridized carbons (Fsp3) is 0.160. The van der Waals surface area contributed by atoms with Gasteiger partial charge >= 0.3 is 0 Å². The van der Waals surface area contributed by atoms with E-state index in [0.717, 1.165) is 11.1 Å². The lowest BCUT2D eigenvalue weighted by molar-refractivity contribution is -0.121. The van der Waals surface area contributed by atoms with Gasteiger partial charge in [0.1, 0.15) is 20.9 Å². The summed E-state index contributed by atoms with van der Waals surface area (Å²) >= 11 is 36.2. The lowest BCUT2D eigenvalue weighted by atomic mass is 10.0. The molecular formula is C50H40Cl4N8O6S4. The van der Waals surface area contributed by atoms with Gasteiger partial charge in [-0.05, 0) is 124 Å². The molecule has 0 radical (unpaired) electrons. The van der Waals surface area contributed by atoms with Crippen LogP contribution < -0.4 is 24.7 Å². The number of nitrogens with two attached hydrogens (primary N) is 1. The fourth-order valence-electron chi connectivity index (χ4n) is 7.98. The Labute approximate surface area is 448 Å². The summed E-state index contributed by atoms with van der Waals surface area (Å²) in [5.41, 5.74) is 1.36. The van der Waals surface area contributed by atoms with Crippen molar-refractivity contribution in [2.75, 3.05) is 19.6 Å². The Hall–Kier alpha value is -6.00. The second-order valence-corrected chi connectivity index (χ2v) is 22.9. The molecule has 0 atom stereocenters. The second kappa shape index (κ2) is 20.9. The lowest BCUT2D eigenvalue weighted by Gasteiger charge is -2.30. The van der Waals surface area contributed by atoms with Crippen LogP contribution in [-0.4, -0.2) is 54.3 Å². The van der Waals surface area contributed by atoms with Crippen molar-refractivity contribution in [3.8, 4) is 0 Å². The number of benzene rings is 6. The maximum absolute atomic E-state index is 14.3. The van der Waals surface area contributed by atoms with E-state index in [9.17, 15) is 26.4 Å². The molecular weight excluding hydrogens is 1080 g/mol. The number of thiocarbonyl (C=S) groups is 2. The highest BCUT2D eigenvalue weighted by atomic mass is 35.5. The molecule has 14 nitrogen and oxygen atoms in total. The first-order valence-electron chi connectivity index (χ1n) is 21.3. The first kappa shape index (κ1) is 53.8. The molecule has 0 spiro atoms. The highest BCUT2D eigenvalue weighted by Crippen LogP contribution is 2.42. The Kier molecular flexibility index (Phi) is 15.6. The molecule has 2 saturated heterocycles. The van der Waals surface area contributed by atoms with E-state index in [0.29, 0.717) is 22.7 Å². The zero-order chi connectivity index (χ0) is 52.7. The third kappa shape index (κ3) is 10.4. The zero-order valence-corrected chi connectivity index (χ0v) is 44.7. The second-order valence-electron chi connectivity index (χ2n) is 17.1. The van der Waals surface area contributed by atoms with Gasteiger partial charge in [-0.2, -0.15) is 4.31 Å². The van der Waals surface area contributed by atoms with Gasteiger partial charge in [-0.1, -0.05) is 119 Å². The van der Waals surface area contributed by atoms with Crippen LogP contribution in [0, 0.1) is 13.1 Å². The quantitative estimate of drug-likeness (QED) is 0.0980. The summed E-state index contributed by atoms with van der Waals surface area (Å²) in [6.45, 7) is 21.3. The molecule has 2 aliphatic heterocycles. The van der Waals surface area contributed by atoms with Gasteiger partial charge in [-0.25, -0.2) is 31.7 Å². The molecule has 2 heterocycles. The summed E-state index contributed by atoms with van der Waals surface area (Å²) in [6, 6.07) is 36.7. The number of nitrogens with zero attached hydrogens (tertiary/aromatic N) is 7. The first-order valence-corrected chi connectivity index (χ1v) is 26.6. The van der Waals surface area contributed by atoms with E-state index in [1.54, 1.807) is 56.9 Å². The van der Waals surface area contributed by atoms with Gasteiger partial charge in [0, 0.05) is 34.5 Å². The predicted octanol–water partition coefficient (Wildman–Crippen LogP) is 12.0. The number of rotatable bonds is 11. The number of sulfonamides is 2. The SMILES string of the molecule is [C-]#[N+]c1ccc(N2C(=O)C(C)(C)N(c3ccc(Cl)c(S(=O)(=O)N(Cc4ccccc4)Cc4ccccc4)c3)C2=S)cc1Cl.[C-]#[N+]c1ccc(N2C(=O)C(C)(C)N(c3ccc(Cl)c(S(N)(=O)=O)c3)C2=S)cc1Cl. The summed E-state index contributed by atoms with van der Waals surface area (Å²) < 4.78 is 53.6. The molecule has 6 aromatic carbocycles. The summed E-state index contributed by atoms with van der Waals surface area (Å²) in [5.74, 6) is -0.681. The van der Waals surface area contributed by atoms with Crippen molar-refractivity contribution in [1.82, 2.24) is 4.31 Å². The summed E-state index contributed by atoms with van der Waals surface area (Å²) in [7, 11) is -8.22. The van der Waals surface area contributed by atoms with E-state index in [1.165, 1.54) is 67.5 Å². The summed E-state index contributed by atoms with van der Waals surface area (Å²) in [4.78, 5) is 38.9. The molecule has 6 aromatic rings. The molecule has 368 valence electrons. The molecule has 0 bridgehead atoms. The number of hydrogen-bond acceptors (Lipinski definition) is 8. The van der Waals surface area contributed by atoms with Crippen LogP contribution in [0.25, 0.3) is 9.69 Å². The third-order valence-corrected chi connectivity index (χ3v) is 16.6. The van der Waals surface area contributed by atoms with E-state index in [2.05, 4.69) is 9.69 Å². The number of anilines is 4. The van der Waals surface area contributed by atoms with Gasteiger partial charge in [0.05, 0.1) is 34.6 Å². The van der Waals surface area contributed by atoms with Crippen LogP contribution in [0.3, 0.4) is 0 Å². The standard InChI is InChI=1S/C32H26Cl2N4O3S2.C18H14Cl2N4O3S2/c1-32(2)30(39)37(24-15-17-28(35-3)27(34)18-24)31(42)38(32)25-14-16-26(33)29(19-25)43(40,41)36(20-22-10-6-4-7-11-22)21-23-12-8-5-9-13-23;1-18(2)16(25)23(10-5-7-14(22-3)13(20)8-10)17(28)24(18)11-4-6-12(19)15(9-11)29(21,26)27/h4-19H,20-21H2,1-2H3;4-9H,1-2H3,(H2,21,26,27).